The van der Waals surface area contributed by atoms with Gasteiger partial charge < -0.3 is 24.2 Å². The fourth-order valence-corrected chi connectivity index (χ4v) is 4.34. The molecule has 2 atom stereocenters. The Kier molecular flexibility index (Phi) is 8.55. The molecule has 0 spiro atoms. The summed E-state index contributed by atoms with van der Waals surface area (Å²) in [5.74, 6) is 1.62. The van der Waals surface area contributed by atoms with Crippen molar-refractivity contribution >= 4 is 0 Å². The number of benzene rings is 2. The zero-order chi connectivity index (χ0) is 21.3. The number of hydrogen-bond acceptors (Lipinski definition) is 4. The second kappa shape index (κ2) is 11.3. The van der Waals surface area contributed by atoms with E-state index >= 15 is 0 Å². The van der Waals surface area contributed by atoms with E-state index in [0.717, 1.165) is 22.6 Å². The molecule has 30 heavy (non-hydrogen) atoms. The second-order valence-corrected chi connectivity index (χ2v) is 8.30. The predicted molar refractivity (Wildman–Crippen MR) is 118 cm³/mol. The zero-order valence-corrected chi connectivity index (χ0v) is 18.5. The molecule has 1 fully saturated rings. The van der Waals surface area contributed by atoms with Crippen LogP contribution in [0, 0.1) is 0 Å². The Morgan fingerprint density at radius 2 is 1.37 bits per heavy atom. The average molecular weight is 415 g/mol. The van der Waals surface area contributed by atoms with Crippen LogP contribution in [0.4, 0.5) is 0 Å². The van der Waals surface area contributed by atoms with Gasteiger partial charge in [-0.3, -0.25) is 0 Å². The molecule has 0 amide bonds. The number of aliphatic hydroxyl groups excluding tert-OH is 1. The second-order valence-electron chi connectivity index (χ2n) is 8.30. The first-order valence-corrected chi connectivity index (χ1v) is 11.0. The van der Waals surface area contributed by atoms with Crippen LogP contribution in [0.2, 0.25) is 0 Å². The zero-order valence-electron chi connectivity index (χ0n) is 18.5. The molecule has 0 bridgehead atoms. The Labute approximate surface area is 180 Å². The molecule has 1 aliphatic carbocycles. The van der Waals surface area contributed by atoms with Gasteiger partial charge in [-0.15, -0.1) is 0 Å². The monoisotopic (exact) mass is 414 g/mol. The van der Waals surface area contributed by atoms with Gasteiger partial charge in [-0.2, -0.15) is 0 Å². The van der Waals surface area contributed by atoms with Gasteiger partial charge in [0.25, 0.3) is 0 Å². The van der Waals surface area contributed by atoms with Crippen molar-refractivity contribution in [3.8, 4) is 11.5 Å². The maximum absolute atomic E-state index is 10.7. The molecule has 2 N–H and O–H groups in total. The van der Waals surface area contributed by atoms with E-state index in [1.165, 1.54) is 37.0 Å². The number of likely N-dealkylation sites (N-methyl/N-ethyl adjacent to an activating group) is 1. The van der Waals surface area contributed by atoms with Crippen molar-refractivity contribution < 1.29 is 24.2 Å². The van der Waals surface area contributed by atoms with Crippen molar-refractivity contribution in [2.45, 2.75) is 50.4 Å². The van der Waals surface area contributed by atoms with Crippen molar-refractivity contribution in [3.05, 3.63) is 59.7 Å². The van der Waals surface area contributed by atoms with Gasteiger partial charge in [0.05, 0.1) is 33.9 Å². The number of rotatable bonds is 10. The molecule has 1 aliphatic rings. The maximum Gasteiger partial charge on any atom is 0.126 e. The summed E-state index contributed by atoms with van der Waals surface area (Å²) in [6, 6.07) is 16.5. The first-order chi connectivity index (χ1) is 14.6. The minimum absolute atomic E-state index is 0.258. The maximum atomic E-state index is 10.7. The van der Waals surface area contributed by atoms with Gasteiger partial charge in [0.1, 0.15) is 30.3 Å². The Hall–Kier alpha value is -2.08. The van der Waals surface area contributed by atoms with Crippen LogP contribution in [0.25, 0.3) is 0 Å². The normalized spacial score (nSPS) is 17.0. The fourth-order valence-electron chi connectivity index (χ4n) is 4.34. The summed E-state index contributed by atoms with van der Waals surface area (Å²) in [5, 5.41) is 10.7. The van der Waals surface area contributed by atoms with E-state index in [2.05, 4.69) is 7.05 Å². The summed E-state index contributed by atoms with van der Waals surface area (Å²) in [4.78, 5) is 1.41. The summed E-state index contributed by atoms with van der Waals surface area (Å²) in [7, 11) is 5.52. The number of methoxy groups -OCH3 is 2. The molecule has 0 aromatic heterocycles. The summed E-state index contributed by atoms with van der Waals surface area (Å²) in [6.45, 7) is 1.01. The summed E-state index contributed by atoms with van der Waals surface area (Å²) in [5.41, 5.74) is 2.06. The van der Waals surface area contributed by atoms with Crippen molar-refractivity contribution in [2.24, 2.45) is 0 Å². The Balaban J connectivity index is 1.66. The Morgan fingerprint density at radius 3 is 1.83 bits per heavy atom. The van der Waals surface area contributed by atoms with E-state index in [1.54, 1.807) is 14.2 Å². The molecule has 0 saturated heterocycles. The smallest absolute Gasteiger partial charge is 0.126 e. The van der Waals surface area contributed by atoms with Crippen LogP contribution in [0.15, 0.2) is 48.5 Å². The van der Waals surface area contributed by atoms with Crippen LogP contribution >= 0.6 is 0 Å². The van der Waals surface area contributed by atoms with Crippen molar-refractivity contribution in [1.29, 1.82) is 0 Å². The standard InChI is InChI=1S/C25H35NO4/c1-26(21-7-5-4-6-8-21)17-22(27)18-30-25(19-9-13-23(28-2)14-10-19)20-11-15-24(29-3)16-12-20/h9-16,21-22,25,27H,4-8,17-18H2,1-3H3/p+1/t22-/m1/s1. The number of ether oxygens (including phenoxy) is 3. The van der Waals surface area contributed by atoms with Crippen LogP contribution in [-0.2, 0) is 4.74 Å². The lowest BCUT2D eigenvalue weighted by atomic mass is 9.94. The minimum Gasteiger partial charge on any atom is -0.497 e. The van der Waals surface area contributed by atoms with Crippen molar-refractivity contribution in [3.63, 3.8) is 0 Å². The fraction of sp³-hybridized carbons (Fsp3) is 0.520. The molecular weight excluding hydrogens is 378 g/mol. The lowest BCUT2D eigenvalue weighted by Gasteiger charge is -2.30. The van der Waals surface area contributed by atoms with Gasteiger partial charge >= 0.3 is 0 Å². The van der Waals surface area contributed by atoms with Gasteiger partial charge in [-0.05, 0) is 61.1 Å². The molecule has 5 nitrogen and oxygen atoms in total. The molecule has 5 heteroatoms. The van der Waals surface area contributed by atoms with Crippen molar-refractivity contribution in [2.75, 3.05) is 34.4 Å². The molecule has 0 radical (unpaired) electrons. The first kappa shape index (κ1) is 22.6. The average Bonchev–Trinajstić information content (AvgIpc) is 2.80. The first-order valence-electron chi connectivity index (χ1n) is 11.0. The van der Waals surface area contributed by atoms with Gasteiger partial charge in [0.2, 0.25) is 0 Å². The molecule has 0 heterocycles. The van der Waals surface area contributed by atoms with E-state index < -0.39 is 6.10 Å². The third-order valence-electron chi connectivity index (χ3n) is 6.15. The number of hydrogen-bond donors (Lipinski definition) is 2. The highest BCUT2D eigenvalue weighted by atomic mass is 16.5. The van der Waals surface area contributed by atoms with Gasteiger partial charge in [-0.1, -0.05) is 30.7 Å². The third-order valence-corrected chi connectivity index (χ3v) is 6.15. The molecule has 3 rings (SSSR count). The minimum atomic E-state index is -0.495. The van der Waals surface area contributed by atoms with E-state index in [0.29, 0.717) is 19.2 Å². The lowest BCUT2D eigenvalue weighted by molar-refractivity contribution is -0.910. The lowest BCUT2D eigenvalue weighted by Crippen LogP contribution is -3.14. The van der Waals surface area contributed by atoms with Crippen LogP contribution in [0.3, 0.4) is 0 Å². The summed E-state index contributed by atoms with van der Waals surface area (Å²) < 4.78 is 16.8. The molecule has 2 aromatic carbocycles. The number of aliphatic hydroxyl groups is 1. The highest BCUT2D eigenvalue weighted by molar-refractivity contribution is 5.36. The molecular formula is C25H36NO4+. The van der Waals surface area contributed by atoms with Crippen molar-refractivity contribution in [1.82, 2.24) is 0 Å². The Morgan fingerprint density at radius 1 is 0.867 bits per heavy atom. The molecule has 0 aliphatic heterocycles. The topological polar surface area (TPSA) is 52.4 Å². The quantitative estimate of drug-likeness (QED) is 0.628. The van der Waals surface area contributed by atoms with E-state index in [-0.39, 0.29) is 6.10 Å². The molecule has 164 valence electrons. The van der Waals surface area contributed by atoms with E-state index in [9.17, 15) is 5.11 Å². The van der Waals surface area contributed by atoms with Crippen LogP contribution in [0.5, 0.6) is 11.5 Å². The largest absolute Gasteiger partial charge is 0.497 e. The highest BCUT2D eigenvalue weighted by Gasteiger charge is 2.24. The van der Waals surface area contributed by atoms with Gasteiger partial charge in [0, 0.05) is 0 Å². The molecule has 2 aromatic rings. The van der Waals surface area contributed by atoms with Crippen LogP contribution in [-0.4, -0.2) is 51.7 Å². The SMILES string of the molecule is COc1ccc(C(OC[C@H](O)C[NH+](C)C2CCCCC2)c2ccc(OC)cc2)cc1. The van der Waals surface area contributed by atoms with E-state index in [1.807, 2.05) is 48.5 Å². The van der Waals surface area contributed by atoms with E-state index in [4.69, 9.17) is 14.2 Å². The predicted octanol–water partition coefficient (Wildman–Crippen LogP) is 3.02. The van der Waals surface area contributed by atoms with Crippen LogP contribution < -0.4 is 14.4 Å². The van der Waals surface area contributed by atoms with Gasteiger partial charge in [0.15, 0.2) is 0 Å². The molecule has 1 unspecified atom stereocenters. The summed E-state index contributed by atoms with van der Waals surface area (Å²) >= 11 is 0. The Bertz CT molecular complexity index is 693. The van der Waals surface area contributed by atoms with Gasteiger partial charge in [-0.25, -0.2) is 0 Å². The third kappa shape index (κ3) is 6.21. The summed E-state index contributed by atoms with van der Waals surface area (Å²) in [6.07, 6.45) is 5.75. The molecule has 1 saturated carbocycles. The number of nitrogens with one attached hydrogen (secondary N) is 1. The van der Waals surface area contributed by atoms with Crippen LogP contribution in [0.1, 0.15) is 49.3 Å². The number of quaternary nitrogens is 1. The highest BCUT2D eigenvalue weighted by Crippen LogP contribution is 2.29.